The normalized spacial score (nSPS) is 15.1. The lowest BCUT2D eigenvalue weighted by molar-refractivity contribution is -0.119. The van der Waals surface area contributed by atoms with Gasteiger partial charge in [-0.2, -0.15) is 0 Å². The first kappa shape index (κ1) is 15.9. The minimum absolute atomic E-state index is 0.0455. The molecule has 132 valence electrons. The largest absolute Gasteiger partial charge is 0.482 e. The number of primary amides is 1. The van der Waals surface area contributed by atoms with Crippen LogP contribution in [0.4, 0.5) is 11.4 Å². The molecule has 2 heterocycles. The third-order valence-corrected chi connectivity index (χ3v) is 4.22. The van der Waals surface area contributed by atoms with Gasteiger partial charge < -0.3 is 25.8 Å². The smallest absolute Gasteiger partial charge is 0.262 e. The number of carbonyl (C=O) groups is 3. The summed E-state index contributed by atoms with van der Waals surface area (Å²) in [4.78, 5) is 35.2. The van der Waals surface area contributed by atoms with Crippen LogP contribution < -0.4 is 25.8 Å². The summed E-state index contributed by atoms with van der Waals surface area (Å²) in [6, 6.07) is 10.1. The Balaban J connectivity index is 1.74. The van der Waals surface area contributed by atoms with Gasteiger partial charge in [0.25, 0.3) is 11.8 Å². The van der Waals surface area contributed by atoms with E-state index >= 15 is 0 Å². The second kappa shape index (κ2) is 6.07. The van der Waals surface area contributed by atoms with Gasteiger partial charge in [0, 0.05) is 0 Å². The lowest BCUT2D eigenvalue weighted by atomic mass is 9.89. The van der Waals surface area contributed by atoms with Crippen molar-refractivity contribution in [2.24, 2.45) is 5.73 Å². The zero-order valence-corrected chi connectivity index (χ0v) is 13.6. The van der Waals surface area contributed by atoms with Crippen LogP contribution in [0.3, 0.4) is 0 Å². The van der Waals surface area contributed by atoms with Gasteiger partial charge in [0.05, 0.1) is 17.3 Å². The summed E-state index contributed by atoms with van der Waals surface area (Å²) in [5.41, 5.74) is 7.81. The molecule has 26 heavy (non-hydrogen) atoms. The van der Waals surface area contributed by atoms with Crippen LogP contribution >= 0.6 is 0 Å². The highest BCUT2D eigenvalue weighted by molar-refractivity contribution is 5.97. The molecule has 4 rings (SSSR count). The Morgan fingerprint density at radius 2 is 1.35 bits per heavy atom. The number of amides is 3. The fraction of sp³-hybridized carbons (Fsp3) is 0.167. The third kappa shape index (κ3) is 2.81. The molecule has 8 nitrogen and oxygen atoms in total. The molecule has 8 heteroatoms. The Kier molecular flexibility index (Phi) is 3.72. The van der Waals surface area contributed by atoms with Crippen LogP contribution in [-0.2, 0) is 14.4 Å². The molecule has 4 N–H and O–H groups in total. The van der Waals surface area contributed by atoms with Gasteiger partial charge in [-0.3, -0.25) is 14.4 Å². The van der Waals surface area contributed by atoms with Crippen LogP contribution in [0, 0.1) is 0 Å². The molecule has 0 fully saturated rings. The molecule has 0 aliphatic carbocycles. The van der Waals surface area contributed by atoms with Crippen LogP contribution in [0.2, 0.25) is 0 Å². The minimum Gasteiger partial charge on any atom is -0.482 e. The van der Waals surface area contributed by atoms with E-state index < -0.39 is 11.8 Å². The van der Waals surface area contributed by atoms with Crippen LogP contribution in [-0.4, -0.2) is 30.9 Å². The van der Waals surface area contributed by atoms with Crippen molar-refractivity contribution in [2.75, 3.05) is 23.8 Å². The number of nitrogens with two attached hydrogens (primary N) is 1. The fourth-order valence-electron chi connectivity index (χ4n) is 3.08. The topological polar surface area (TPSA) is 120 Å². The third-order valence-electron chi connectivity index (χ3n) is 4.22. The van der Waals surface area contributed by atoms with E-state index in [1.807, 2.05) is 0 Å². The number of hydrogen-bond donors (Lipinski definition) is 3. The van der Waals surface area contributed by atoms with Gasteiger partial charge in [-0.1, -0.05) is 12.1 Å². The number of anilines is 2. The maximum absolute atomic E-state index is 12.2. The number of rotatable bonds is 3. The fourth-order valence-corrected chi connectivity index (χ4v) is 3.08. The van der Waals surface area contributed by atoms with Crippen LogP contribution in [0.25, 0.3) is 0 Å². The van der Waals surface area contributed by atoms with Crippen molar-refractivity contribution in [1.29, 1.82) is 0 Å². The van der Waals surface area contributed by atoms with E-state index in [0.717, 1.165) is 0 Å². The molecular formula is C18H15N3O5. The van der Waals surface area contributed by atoms with Crippen molar-refractivity contribution in [3.63, 3.8) is 0 Å². The van der Waals surface area contributed by atoms with E-state index in [1.165, 1.54) is 0 Å². The second-order valence-electron chi connectivity index (χ2n) is 6.02. The lowest BCUT2D eigenvalue weighted by Crippen LogP contribution is -2.27. The average molecular weight is 353 g/mol. The predicted molar refractivity (Wildman–Crippen MR) is 92.2 cm³/mol. The number of benzene rings is 2. The Morgan fingerprint density at radius 1 is 0.885 bits per heavy atom. The lowest BCUT2D eigenvalue weighted by Gasteiger charge is -2.23. The van der Waals surface area contributed by atoms with Gasteiger partial charge in [-0.25, -0.2) is 0 Å². The molecule has 2 aromatic carbocycles. The number of fused-ring (bicyclic) bond motifs is 2. The first-order valence-corrected chi connectivity index (χ1v) is 7.94. The summed E-state index contributed by atoms with van der Waals surface area (Å²) in [6.07, 6.45) is 0. The van der Waals surface area contributed by atoms with Gasteiger partial charge in [0.15, 0.2) is 13.2 Å². The van der Waals surface area contributed by atoms with Crippen molar-refractivity contribution in [3.8, 4) is 11.5 Å². The summed E-state index contributed by atoms with van der Waals surface area (Å²) in [7, 11) is 0. The van der Waals surface area contributed by atoms with Gasteiger partial charge >= 0.3 is 0 Å². The quantitative estimate of drug-likeness (QED) is 0.759. The number of carbonyl (C=O) groups excluding carboxylic acids is 3. The summed E-state index contributed by atoms with van der Waals surface area (Å²) < 4.78 is 10.7. The van der Waals surface area contributed by atoms with Crippen molar-refractivity contribution in [1.82, 2.24) is 0 Å². The molecule has 2 aliphatic rings. The Labute approximate surface area is 148 Å². The van der Waals surface area contributed by atoms with Gasteiger partial charge in [-0.05, 0) is 35.4 Å². The molecule has 0 atom stereocenters. The van der Waals surface area contributed by atoms with E-state index in [-0.39, 0.29) is 25.0 Å². The molecule has 2 aromatic rings. The zero-order valence-electron chi connectivity index (χ0n) is 13.6. The minimum atomic E-state index is -0.761. The van der Waals surface area contributed by atoms with Crippen LogP contribution in [0.1, 0.15) is 17.0 Å². The average Bonchev–Trinajstić information content (AvgIpc) is 2.61. The first-order valence-electron chi connectivity index (χ1n) is 7.94. The maximum atomic E-state index is 12.2. The molecule has 0 unspecified atom stereocenters. The van der Waals surface area contributed by atoms with Crippen molar-refractivity contribution in [2.45, 2.75) is 5.92 Å². The summed E-state index contributed by atoms with van der Waals surface area (Å²) in [6.45, 7) is -0.0910. The van der Waals surface area contributed by atoms with E-state index in [0.29, 0.717) is 34.0 Å². The molecule has 0 aromatic heterocycles. The Hall–Kier alpha value is -3.55. The monoisotopic (exact) mass is 353 g/mol. The molecule has 0 saturated carbocycles. The molecule has 0 saturated heterocycles. The van der Waals surface area contributed by atoms with Gasteiger partial charge in [-0.15, -0.1) is 0 Å². The second-order valence-corrected chi connectivity index (χ2v) is 6.02. The highest BCUT2D eigenvalue weighted by Crippen LogP contribution is 2.36. The maximum Gasteiger partial charge on any atom is 0.262 e. The predicted octanol–water partition coefficient (Wildman–Crippen LogP) is 0.966. The first-order chi connectivity index (χ1) is 12.5. The van der Waals surface area contributed by atoms with Crippen LogP contribution in [0.15, 0.2) is 36.4 Å². The SMILES string of the molecule is NC(=O)C(c1ccc2c(c1)NC(=O)CO2)c1ccc2c(c1)NC(=O)CO2. The number of ether oxygens (including phenoxy) is 2. The molecule has 0 bridgehead atoms. The van der Waals surface area contributed by atoms with E-state index in [9.17, 15) is 14.4 Å². The van der Waals surface area contributed by atoms with E-state index in [4.69, 9.17) is 15.2 Å². The summed E-state index contributed by atoms with van der Waals surface area (Å²) in [5.74, 6) is -0.789. The standard InChI is InChI=1S/C18H15N3O5/c19-18(24)17(9-1-3-13-11(5-9)20-15(22)7-25-13)10-2-4-14-12(6-10)21-16(23)8-26-14/h1-6,17H,7-8H2,(H2,19,24)(H,20,22)(H,21,23). The van der Waals surface area contributed by atoms with E-state index in [2.05, 4.69) is 10.6 Å². The van der Waals surface area contributed by atoms with E-state index in [1.54, 1.807) is 36.4 Å². The summed E-state index contributed by atoms with van der Waals surface area (Å²) in [5, 5.41) is 5.42. The van der Waals surface area contributed by atoms with Crippen LogP contribution in [0.5, 0.6) is 11.5 Å². The van der Waals surface area contributed by atoms with Gasteiger partial charge in [0.2, 0.25) is 5.91 Å². The van der Waals surface area contributed by atoms with Crippen molar-refractivity contribution in [3.05, 3.63) is 47.5 Å². The number of nitrogens with one attached hydrogen (secondary N) is 2. The summed E-state index contributed by atoms with van der Waals surface area (Å²) >= 11 is 0. The Bertz CT molecular complexity index is 871. The molecular weight excluding hydrogens is 338 g/mol. The molecule has 0 spiro atoms. The Morgan fingerprint density at radius 3 is 1.77 bits per heavy atom. The molecule has 3 amide bonds. The highest BCUT2D eigenvalue weighted by Gasteiger charge is 2.26. The zero-order chi connectivity index (χ0) is 18.3. The van der Waals surface area contributed by atoms with Crippen molar-refractivity contribution >= 4 is 29.1 Å². The van der Waals surface area contributed by atoms with Crippen molar-refractivity contribution < 1.29 is 23.9 Å². The molecule has 2 aliphatic heterocycles. The molecule has 0 radical (unpaired) electrons. The highest BCUT2D eigenvalue weighted by atomic mass is 16.5. The number of hydrogen-bond acceptors (Lipinski definition) is 5. The van der Waals surface area contributed by atoms with Gasteiger partial charge in [0.1, 0.15) is 11.5 Å².